The van der Waals surface area contributed by atoms with Gasteiger partial charge in [0, 0.05) is 17.2 Å². The third-order valence-electron chi connectivity index (χ3n) is 3.10. The summed E-state index contributed by atoms with van der Waals surface area (Å²) in [5.74, 6) is 2.73. The average Bonchev–Trinajstić information content (AvgIpc) is 2.52. The van der Waals surface area contributed by atoms with Gasteiger partial charge >= 0.3 is 5.97 Å². The summed E-state index contributed by atoms with van der Waals surface area (Å²) < 4.78 is 26.7. The first-order chi connectivity index (χ1) is 10.9. The first kappa shape index (κ1) is 16.4. The van der Waals surface area contributed by atoms with Crippen LogP contribution in [-0.4, -0.2) is 11.1 Å². The van der Waals surface area contributed by atoms with E-state index >= 15 is 0 Å². The number of aromatic carboxylic acids is 1. The van der Waals surface area contributed by atoms with Crippen molar-refractivity contribution in [3.05, 3.63) is 83.4 Å². The lowest BCUT2D eigenvalue weighted by atomic mass is 10.0. The minimum absolute atomic E-state index is 0.0454. The summed E-state index contributed by atoms with van der Waals surface area (Å²) in [5, 5.41) is 8.99. The van der Waals surface area contributed by atoms with E-state index in [-0.39, 0.29) is 22.5 Å². The van der Waals surface area contributed by atoms with E-state index in [1.807, 2.05) is 0 Å². The van der Waals surface area contributed by atoms with Crippen LogP contribution in [0.3, 0.4) is 0 Å². The average molecular weight is 317 g/mol. The first-order valence-electron chi connectivity index (χ1n) is 6.49. The van der Waals surface area contributed by atoms with E-state index in [1.54, 1.807) is 6.07 Å². The molecule has 23 heavy (non-hydrogen) atoms. The van der Waals surface area contributed by atoms with Gasteiger partial charge in [0.15, 0.2) is 5.76 Å². The lowest BCUT2D eigenvalue weighted by Gasteiger charge is -2.09. The summed E-state index contributed by atoms with van der Waals surface area (Å²) in [6.07, 6.45) is 1.34. The van der Waals surface area contributed by atoms with E-state index in [1.165, 1.54) is 30.3 Å². The Labute approximate surface area is 131 Å². The van der Waals surface area contributed by atoms with Crippen LogP contribution >= 0.6 is 0 Å². The van der Waals surface area contributed by atoms with Crippen molar-refractivity contribution in [2.45, 2.75) is 0 Å². The molecule has 0 aliphatic rings. The van der Waals surface area contributed by atoms with E-state index in [4.69, 9.17) is 15.8 Å². The molecule has 0 saturated carbocycles. The van der Waals surface area contributed by atoms with Crippen molar-refractivity contribution in [2.75, 3.05) is 0 Å². The Balaban J connectivity index is 2.40. The minimum Gasteiger partial charge on any atom is -0.478 e. The molecule has 0 aromatic heterocycles. The van der Waals surface area contributed by atoms with Gasteiger partial charge in [-0.1, -0.05) is 18.7 Å². The zero-order valence-corrected chi connectivity index (χ0v) is 11.9. The third-order valence-corrected chi connectivity index (χ3v) is 3.10. The van der Waals surface area contributed by atoms with Crippen LogP contribution in [0.25, 0.3) is 11.3 Å². The Morgan fingerprint density at radius 2 is 1.87 bits per heavy atom. The summed E-state index contributed by atoms with van der Waals surface area (Å²) >= 11 is 0. The largest absolute Gasteiger partial charge is 0.478 e. The van der Waals surface area contributed by atoms with Gasteiger partial charge in [0.25, 0.3) is 0 Å². The van der Waals surface area contributed by atoms with Gasteiger partial charge in [0.1, 0.15) is 11.6 Å². The molecule has 2 aromatic carbocycles. The van der Waals surface area contributed by atoms with Crippen molar-refractivity contribution in [2.24, 2.45) is 5.90 Å². The Hall–Kier alpha value is -2.99. The van der Waals surface area contributed by atoms with Gasteiger partial charge in [-0.25, -0.2) is 13.6 Å². The van der Waals surface area contributed by atoms with Crippen LogP contribution in [0.15, 0.2) is 55.1 Å². The molecule has 4 nitrogen and oxygen atoms in total. The third kappa shape index (κ3) is 3.81. The monoisotopic (exact) mass is 317 g/mol. The van der Waals surface area contributed by atoms with E-state index in [2.05, 4.69) is 6.58 Å². The second kappa shape index (κ2) is 6.85. The number of carboxylic acids is 1. The lowest BCUT2D eigenvalue weighted by Crippen LogP contribution is -2.02. The van der Waals surface area contributed by atoms with Crippen molar-refractivity contribution >= 4 is 17.3 Å². The molecule has 0 saturated heterocycles. The number of hydrogen-bond donors (Lipinski definition) is 2. The zero-order chi connectivity index (χ0) is 17.0. The standard InChI is InChI=1S/C17H13F2NO3/c1-10(14-6-5-13(18)9-15(14)19)7-16(23-20)11-3-2-4-12(8-11)17(21)22/h2-9H,1,20H2,(H,21,22)/b16-7-. The van der Waals surface area contributed by atoms with Gasteiger partial charge in [-0.15, -0.1) is 0 Å². The van der Waals surface area contributed by atoms with E-state index < -0.39 is 17.6 Å². The fourth-order valence-corrected chi connectivity index (χ4v) is 1.98. The van der Waals surface area contributed by atoms with E-state index in [0.717, 1.165) is 12.1 Å². The highest BCUT2D eigenvalue weighted by atomic mass is 19.1. The number of hydrogen-bond acceptors (Lipinski definition) is 3. The molecule has 2 rings (SSSR count). The summed E-state index contributed by atoms with van der Waals surface area (Å²) in [6, 6.07) is 8.95. The molecule has 0 spiro atoms. The SMILES string of the molecule is C=C(/C=C(\ON)c1cccc(C(=O)O)c1)c1ccc(F)cc1F. The van der Waals surface area contributed by atoms with Gasteiger partial charge in [-0.05, 0) is 35.9 Å². The smallest absolute Gasteiger partial charge is 0.335 e. The summed E-state index contributed by atoms with van der Waals surface area (Å²) in [6.45, 7) is 3.70. The summed E-state index contributed by atoms with van der Waals surface area (Å²) in [5.41, 5.74) is 0.708. The van der Waals surface area contributed by atoms with Crippen LogP contribution in [0.4, 0.5) is 8.78 Å². The molecule has 0 atom stereocenters. The van der Waals surface area contributed by atoms with Crippen LogP contribution in [0, 0.1) is 11.6 Å². The molecule has 0 heterocycles. The molecule has 0 aliphatic heterocycles. The molecule has 3 N–H and O–H groups in total. The molecule has 0 radical (unpaired) electrons. The molecule has 0 fully saturated rings. The summed E-state index contributed by atoms with van der Waals surface area (Å²) in [7, 11) is 0. The normalized spacial score (nSPS) is 11.2. The van der Waals surface area contributed by atoms with Gasteiger partial charge in [0.05, 0.1) is 5.56 Å². The van der Waals surface area contributed by atoms with Crippen molar-refractivity contribution < 1.29 is 23.5 Å². The number of rotatable bonds is 5. The second-order valence-electron chi connectivity index (χ2n) is 4.66. The fourth-order valence-electron chi connectivity index (χ4n) is 1.98. The lowest BCUT2D eigenvalue weighted by molar-refractivity contribution is 0.0697. The van der Waals surface area contributed by atoms with E-state index in [9.17, 15) is 13.6 Å². The van der Waals surface area contributed by atoms with Crippen LogP contribution in [0.2, 0.25) is 0 Å². The molecule has 6 heteroatoms. The van der Waals surface area contributed by atoms with Crippen molar-refractivity contribution in [1.82, 2.24) is 0 Å². The molecule has 0 aliphatic carbocycles. The van der Waals surface area contributed by atoms with Crippen LogP contribution < -0.4 is 5.90 Å². The molecular weight excluding hydrogens is 304 g/mol. The number of nitrogens with two attached hydrogens (primary N) is 1. The maximum absolute atomic E-state index is 13.7. The van der Waals surface area contributed by atoms with Crippen molar-refractivity contribution in [1.29, 1.82) is 0 Å². The van der Waals surface area contributed by atoms with E-state index in [0.29, 0.717) is 5.56 Å². The molecule has 2 aromatic rings. The van der Waals surface area contributed by atoms with Crippen molar-refractivity contribution in [3.8, 4) is 0 Å². The van der Waals surface area contributed by atoms with Crippen molar-refractivity contribution in [3.63, 3.8) is 0 Å². The molecule has 0 amide bonds. The predicted molar refractivity (Wildman–Crippen MR) is 82.0 cm³/mol. The number of benzene rings is 2. The van der Waals surface area contributed by atoms with Crippen LogP contribution in [0.1, 0.15) is 21.5 Å². The molecular formula is C17H13F2NO3. The van der Waals surface area contributed by atoms with Gasteiger partial charge < -0.3 is 9.94 Å². The fraction of sp³-hybridized carbons (Fsp3) is 0. The number of allylic oxidation sites excluding steroid dienone is 2. The molecule has 0 bridgehead atoms. The molecule has 118 valence electrons. The quantitative estimate of drug-likeness (QED) is 0.502. The van der Waals surface area contributed by atoms with Crippen LogP contribution in [-0.2, 0) is 4.84 Å². The maximum Gasteiger partial charge on any atom is 0.335 e. The Kier molecular flexibility index (Phi) is 4.88. The maximum atomic E-state index is 13.7. The number of carbonyl (C=O) groups is 1. The van der Waals surface area contributed by atoms with Gasteiger partial charge in [-0.3, -0.25) is 0 Å². The number of halogens is 2. The van der Waals surface area contributed by atoms with Crippen LogP contribution in [0.5, 0.6) is 0 Å². The number of carboxylic acid groups (broad SMARTS) is 1. The Morgan fingerprint density at radius 3 is 2.48 bits per heavy atom. The van der Waals surface area contributed by atoms with Gasteiger partial charge in [0.2, 0.25) is 0 Å². The second-order valence-corrected chi connectivity index (χ2v) is 4.66. The predicted octanol–water partition coefficient (Wildman–Crippen LogP) is 3.61. The molecule has 0 unspecified atom stereocenters. The summed E-state index contributed by atoms with van der Waals surface area (Å²) in [4.78, 5) is 15.7. The Morgan fingerprint density at radius 1 is 1.17 bits per heavy atom. The topological polar surface area (TPSA) is 72.5 Å². The first-order valence-corrected chi connectivity index (χ1v) is 6.49. The Bertz CT molecular complexity index is 800. The zero-order valence-electron chi connectivity index (χ0n) is 11.9. The van der Waals surface area contributed by atoms with Gasteiger partial charge in [-0.2, -0.15) is 5.90 Å². The highest BCUT2D eigenvalue weighted by molar-refractivity contribution is 5.89. The minimum atomic E-state index is -1.10. The highest BCUT2D eigenvalue weighted by Crippen LogP contribution is 2.24. The highest BCUT2D eigenvalue weighted by Gasteiger charge is 2.11.